The number of aromatic nitrogens is 2. The van der Waals surface area contributed by atoms with Gasteiger partial charge in [-0.3, -0.25) is 4.79 Å². The van der Waals surface area contributed by atoms with Crippen molar-refractivity contribution in [3.8, 4) is 17.5 Å². The summed E-state index contributed by atoms with van der Waals surface area (Å²) in [6.45, 7) is 0. The Labute approximate surface area is 142 Å². The maximum atomic E-state index is 13.7. The summed E-state index contributed by atoms with van der Waals surface area (Å²) in [6, 6.07) is 14.7. The molecule has 0 saturated carbocycles. The van der Waals surface area contributed by atoms with Crippen LogP contribution in [0.5, 0.6) is 0 Å². The molecule has 0 spiro atoms. The normalized spacial score (nSPS) is 10.2. The zero-order valence-corrected chi connectivity index (χ0v) is 13.1. The minimum absolute atomic E-state index is 0.121. The summed E-state index contributed by atoms with van der Waals surface area (Å²) in [5.41, 5.74) is 1.25. The highest BCUT2D eigenvalue weighted by Gasteiger charge is 2.13. The molecule has 0 unspecified atom stereocenters. The molecule has 0 radical (unpaired) electrons. The average Bonchev–Trinajstić information content (AvgIpc) is 3.09. The van der Waals surface area contributed by atoms with E-state index in [4.69, 9.17) is 9.78 Å². The number of anilines is 1. The maximum Gasteiger partial charge on any atom is 0.227 e. The van der Waals surface area contributed by atoms with Crippen LogP contribution < -0.4 is 5.32 Å². The molecule has 0 atom stereocenters. The molecule has 6 nitrogen and oxygen atoms in total. The Morgan fingerprint density at radius 2 is 2.08 bits per heavy atom. The second kappa shape index (κ2) is 7.36. The fraction of sp³-hybridized carbons (Fsp3) is 0.111. The Bertz CT molecular complexity index is 946. The number of amides is 1. The van der Waals surface area contributed by atoms with Gasteiger partial charge in [0.2, 0.25) is 17.6 Å². The lowest BCUT2D eigenvalue weighted by Crippen LogP contribution is -2.12. The summed E-state index contributed by atoms with van der Waals surface area (Å²) in [7, 11) is 0. The van der Waals surface area contributed by atoms with Crippen LogP contribution in [0.15, 0.2) is 53.1 Å². The monoisotopic (exact) mass is 336 g/mol. The molecule has 2 aromatic carbocycles. The maximum absolute atomic E-state index is 13.7. The van der Waals surface area contributed by atoms with Crippen molar-refractivity contribution in [1.29, 1.82) is 5.26 Å². The molecule has 3 rings (SSSR count). The molecule has 0 fully saturated rings. The van der Waals surface area contributed by atoms with E-state index in [2.05, 4.69) is 15.5 Å². The topological polar surface area (TPSA) is 91.8 Å². The van der Waals surface area contributed by atoms with Gasteiger partial charge < -0.3 is 9.84 Å². The molecule has 3 aromatic rings. The van der Waals surface area contributed by atoms with Crippen LogP contribution in [0.4, 0.5) is 10.1 Å². The van der Waals surface area contributed by atoms with Gasteiger partial charge >= 0.3 is 0 Å². The van der Waals surface area contributed by atoms with E-state index < -0.39 is 5.82 Å². The van der Waals surface area contributed by atoms with Gasteiger partial charge in [0.1, 0.15) is 5.82 Å². The van der Waals surface area contributed by atoms with E-state index in [1.165, 1.54) is 6.07 Å². The molecule has 1 N–H and O–H groups in total. The number of nitrogens with one attached hydrogen (secondary N) is 1. The quantitative estimate of drug-likeness (QED) is 0.771. The number of carbonyl (C=O) groups excluding carboxylic acids is 1. The summed E-state index contributed by atoms with van der Waals surface area (Å²) in [6.07, 6.45) is 0.348. The summed E-state index contributed by atoms with van der Waals surface area (Å²) in [4.78, 5) is 16.1. The molecule has 0 saturated heterocycles. The lowest BCUT2D eigenvalue weighted by Gasteiger charge is -2.04. The van der Waals surface area contributed by atoms with E-state index in [1.807, 2.05) is 6.07 Å². The Hall–Kier alpha value is -3.53. The second-order valence-corrected chi connectivity index (χ2v) is 5.23. The summed E-state index contributed by atoms with van der Waals surface area (Å²) in [5.74, 6) is -0.292. The molecule has 124 valence electrons. The Morgan fingerprint density at radius 1 is 1.24 bits per heavy atom. The molecule has 25 heavy (non-hydrogen) atoms. The van der Waals surface area contributed by atoms with E-state index >= 15 is 0 Å². The predicted octanol–water partition coefficient (Wildman–Crippen LogP) is 3.32. The zero-order valence-electron chi connectivity index (χ0n) is 13.1. The van der Waals surface area contributed by atoms with Crippen LogP contribution in [-0.4, -0.2) is 16.0 Å². The third kappa shape index (κ3) is 4.06. The highest BCUT2D eigenvalue weighted by atomic mass is 19.1. The number of halogens is 1. The van der Waals surface area contributed by atoms with E-state index in [-0.39, 0.29) is 36.0 Å². The van der Waals surface area contributed by atoms with Crippen LogP contribution in [0, 0.1) is 17.1 Å². The molecular formula is C18H13FN4O2. The first-order valence-electron chi connectivity index (χ1n) is 7.53. The van der Waals surface area contributed by atoms with Gasteiger partial charge in [-0.25, -0.2) is 4.39 Å². The molecule has 0 aliphatic carbocycles. The van der Waals surface area contributed by atoms with E-state index in [1.54, 1.807) is 42.5 Å². The van der Waals surface area contributed by atoms with Crippen molar-refractivity contribution >= 4 is 11.6 Å². The van der Waals surface area contributed by atoms with Gasteiger partial charge in [0.05, 0.1) is 17.2 Å². The highest BCUT2D eigenvalue weighted by molar-refractivity contribution is 5.90. The predicted molar refractivity (Wildman–Crippen MR) is 87.8 cm³/mol. The molecule has 0 aliphatic heterocycles. The van der Waals surface area contributed by atoms with Crippen molar-refractivity contribution in [2.45, 2.75) is 12.8 Å². The number of carbonyl (C=O) groups is 1. The van der Waals surface area contributed by atoms with Crippen molar-refractivity contribution in [1.82, 2.24) is 10.1 Å². The number of hydrogen-bond donors (Lipinski definition) is 1. The van der Waals surface area contributed by atoms with Crippen molar-refractivity contribution < 1.29 is 13.7 Å². The van der Waals surface area contributed by atoms with Gasteiger partial charge in [0.25, 0.3) is 0 Å². The van der Waals surface area contributed by atoms with Crippen LogP contribution in [-0.2, 0) is 11.2 Å². The molecule has 0 bridgehead atoms. The first kappa shape index (κ1) is 16.3. The summed E-state index contributed by atoms with van der Waals surface area (Å²) >= 11 is 0. The minimum atomic E-state index is -0.440. The van der Waals surface area contributed by atoms with E-state index in [0.29, 0.717) is 11.3 Å². The van der Waals surface area contributed by atoms with Crippen LogP contribution >= 0.6 is 0 Å². The molecular weight excluding hydrogens is 323 g/mol. The van der Waals surface area contributed by atoms with Gasteiger partial charge in [0, 0.05) is 18.5 Å². The SMILES string of the molecule is N#Cc1cccc(NC(=O)CCc2nc(-c3ccccc3F)no2)c1. The Kier molecular flexibility index (Phi) is 4.81. The van der Waals surface area contributed by atoms with Gasteiger partial charge in [-0.2, -0.15) is 10.2 Å². The van der Waals surface area contributed by atoms with Crippen LogP contribution in [0.3, 0.4) is 0 Å². The van der Waals surface area contributed by atoms with Crippen LogP contribution in [0.1, 0.15) is 17.9 Å². The third-order valence-corrected chi connectivity index (χ3v) is 3.42. The third-order valence-electron chi connectivity index (χ3n) is 3.42. The zero-order chi connectivity index (χ0) is 17.6. The highest BCUT2D eigenvalue weighted by Crippen LogP contribution is 2.19. The first-order chi connectivity index (χ1) is 12.2. The Morgan fingerprint density at radius 3 is 2.88 bits per heavy atom. The van der Waals surface area contributed by atoms with E-state index in [9.17, 15) is 9.18 Å². The lowest BCUT2D eigenvalue weighted by atomic mass is 10.2. The van der Waals surface area contributed by atoms with Gasteiger partial charge in [-0.05, 0) is 30.3 Å². The largest absolute Gasteiger partial charge is 0.339 e. The molecule has 7 heteroatoms. The summed E-state index contributed by atoms with van der Waals surface area (Å²) < 4.78 is 18.8. The van der Waals surface area contributed by atoms with E-state index in [0.717, 1.165) is 0 Å². The first-order valence-corrected chi connectivity index (χ1v) is 7.53. The molecule has 1 heterocycles. The average molecular weight is 336 g/mol. The second-order valence-electron chi connectivity index (χ2n) is 5.23. The number of hydrogen-bond acceptors (Lipinski definition) is 5. The van der Waals surface area contributed by atoms with Gasteiger partial charge in [-0.15, -0.1) is 0 Å². The molecule has 0 aliphatic rings. The van der Waals surface area contributed by atoms with Crippen molar-refractivity contribution in [3.63, 3.8) is 0 Å². The van der Waals surface area contributed by atoms with Crippen molar-refractivity contribution in [2.75, 3.05) is 5.32 Å². The van der Waals surface area contributed by atoms with Gasteiger partial charge in [0.15, 0.2) is 0 Å². The number of aryl methyl sites for hydroxylation is 1. The fourth-order valence-electron chi connectivity index (χ4n) is 2.22. The number of nitrogens with zero attached hydrogens (tertiary/aromatic N) is 3. The van der Waals surface area contributed by atoms with Crippen LogP contribution in [0.2, 0.25) is 0 Å². The number of rotatable bonds is 5. The molecule has 1 amide bonds. The smallest absolute Gasteiger partial charge is 0.227 e. The molecule has 1 aromatic heterocycles. The van der Waals surface area contributed by atoms with Crippen molar-refractivity contribution in [3.05, 3.63) is 65.8 Å². The number of nitriles is 1. The Balaban J connectivity index is 1.60. The van der Waals surface area contributed by atoms with Gasteiger partial charge in [-0.1, -0.05) is 23.4 Å². The van der Waals surface area contributed by atoms with Crippen LogP contribution in [0.25, 0.3) is 11.4 Å². The number of benzene rings is 2. The van der Waals surface area contributed by atoms with Crippen molar-refractivity contribution in [2.24, 2.45) is 0 Å². The standard InChI is InChI=1S/C18H13FN4O2/c19-15-7-2-1-6-14(15)18-22-17(25-23-18)9-8-16(24)21-13-5-3-4-12(10-13)11-20/h1-7,10H,8-9H2,(H,21,24). The summed E-state index contributed by atoms with van der Waals surface area (Å²) in [5, 5.41) is 15.3. The minimum Gasteiger partial charge on any atom is -0.339 e. The lowest BCUT2D eigenvalue weighted by molar-refractivity contribution is -0.116. The fourth-order valence-corrected chi connectivity index (χ4v) is 2.22.